The number of aliphatic hydroxyl groups is 1. The van der Waals surface area contributed by atoms with Crippen LogP contribution in [0.5, 0.6) is 5.75 Å². The van der Waals surface area contributed by atoms with Crippen LogP contribution in [0, 0.1) is 0 Å². The Balaban J connectivity index is 1.29. The van der Waals surface area contributed by atoms with Crippen molar-refractivity contribution in [3.8, 4) is 16.9 Å². The van der Waals surface area contributed by atoms with Crippen molar-refractivity contribution in [2.75, 3.05) is 19.8 Å². The fourth-order valence-corrected chi connectivity index (χ4v) is 6.16. The molecule has 6 rings (SSSR count). The number of benzene rings is 5. The number of amides is 1. The number of aliphatic imine (C=N–C) groups is 1. The lowest BCUT2D eigenvalue weighted by atomic mass is 9.84. The molecule has 5 aromatic rings. The molecule has 3 N–H and O–H groups in total. The Morgan fingerprint density at radius 1 is 0.816 bits per heavy atom. The first-order chi connectivity index (χ1) is 24.1. The molecule has 1 aliphatic heterocycles. The number of carbonyl (C=O) groups excluding carboxylic acids is 1. The van der Waals surface area contributed by atoms with E-state index in [1.54, 1.807) is 6.08 Å². The van der Waals surface area contributed by atoms with E-state index in [0.29, 0.717) is 31.2 Å². The third kappa shape index (κ3) is 7.81. The molecule has 0 spiro atoms. The van der Waals surface area contributed by atoms with Crippen molar-refractivity contribution in [1.29, 1.82) is 0 Å². The van der Waals surface area contributed by atoms with Crippen LogP contribution in [0.1, 0.15) is 47.1 Å². The average molecular weight is 652 g/mol. The summed E-state index contributed by atoms with van der Waals surface area (Å²) in [6.07, 6.45) is 1.80. The van der Waals surface area contributed by atoms with Gasteiger partial charge < -0.3 is 14.6 Å². The monoisotopic (exact) mass is 651 g/mol. The van der Waals surface area contributed by atoms with Crippen LogP contribution < -0.4 is 15.6 Å². The highest BCUT2D eigenvalue weighted by Crippen LogP contribution is 2.43. The number of hydrazine groups is 1. The lowest BCUT2D eigenvalue weighted by molar-refractivity contribution is -0.129. The molecule has 1 aliphatic rings. The normalized spacial score (nSPS) is 16.9. The van der Waals surface area contributed by atoms with Gasteiger partial charge in [-0.05, 0) is 52.1 Å². The standard InChI is InChI=1S/C42H41N3O4/c1-2-27-42(41(47)45-43-30-38(33-15-8-4-9-16-33)34-17-10-5-11-18-34)39(35-21-19-32(20-22-35)31-13-6-3-7-14-31)49-40(44-42)36-23-25-37(26-24-36)48-29-12-28-46/h2-11,13-26,38-39,43,46H,1,12,27-30H2,(H,45,47)/t39-,42-/m0/s1. The van der Waals surface area contributed by atoms with Gasteiger partial charge in [0.2, 0.25) is 5.90 Å². The van der Waals surface area contributed by atoms with Gasteiger partial charge in [-0.3, -0.25) is 10.2 Å². The second-order valence-electron chi connectivity index (χ2n) is 12.0. The van der Waals surface area contributed by atoms with Crippen molar-refractivity contribution in [2.45, 2.75) is 30.4 Å². The maximum absolute atomic E-state index is 14.4. The molecule has 1 heterocycles. The van der Waals surface area contributed by atoms with Crippen molar-refractivity contribution in [2.24, 2.45) is 4.99 Å². The molecule has 5 aromatic carbocycles. The quantitative estimate of drug-likeness (QED) is 0.0624. The van der Waals surface area contributed by atoms with Gasteiger partial charge in [0, 0.05) is 37.5 Å². The van der Waals surface area contributed by atoms with Crippen molar-refractivity contribution < 1.29 is 19.4 Å². The molecule has 0 saturated carbocycles. The predicted octanol–water partition coefficient (Wildman–Crippen LogP) is 7.40. The van der Waals surface area contributed by atoms with E-state index in [0.717, 1.165) is 33.4 Å². The second kappa shape index (κ2) is 16.1. The van der Waals surface area contributed by atoms with Crippen LogP contribution in [-0.4, -0.2) is 42.2 Å². The van der Waals surface area contributed by atoms with Gasteiger partial charge in [-0.1, -0.05) is 121 Å². The van der Waals surface area contributed by atoms with Gasteiger partial charge in [0.1, 0.15) is 5.75 Å². The smallest absolute Gasteiger partial charge is 0.266 e. The summed E-state index contributed by atoms with van der Waals surface area (Å²) in [6, 6.07) is 46.2. The first-order valence-electron chi connectivity index (χ1n) is 16.6. The van der Waals surface area contributed by atoms with Crippen molar-refractivity contribution in [1.82, 2.24) is 10.9 Å². The number of aliphatic hydroxyl groups excluding tert-OH is 1. The molecule has 0 aromatic heterocycles. The largest absolute Gasteiger partial charge is 0.494 e. The van der Waals surface area contributed by atoms with Crippen molar-refractivity contribution in [3.05, 3.63) is 174 Å². The van der Waals surface area contributed by atoms with Crippen LogP contribution in [0.2, 0.25) is 0 Å². The highest BCUT2D eigenvalue weighted by atomic mass is 16.5. The zero-order valence-electron chi connectivity index (χ0n) is 27.4. The van der Waals surface area contributed by atoms with Gasteiger partial charge >= 0.3 is 0 Å². The van der Waals surface area contributed by atoms with Gasteiger partial charge in [-0.15, -0.1) is 6.58 Å². The molecule has 7 nitrogen and oxygen atoms in total. The number of nitrogens with zero attached hydrogens (tertiary/aromatic N) is 1. The van der Waals surface area contributed by atoms with Crippen LogP contribution in [0.3, 0.4) is 0 Å². The minimum atomic E-state index is -1.33. The third-order valence-electron chi connectivity index (χ3n) is 8.72. The van der Waals surface area contributed by atoms with Crippen LogP contribution in [-0.2, 0) is 9.53 Å². The summed E-state index contributed by atoms with van der Waals surface area (Å²) in [5.41, 5.74) is 10.9. The maximum Gasteiger partial charge on any atom is 0.266 e. The molecular weight excluding hydrogens is 610 g/mol. The highest BCUT2D eigenvalue weighted by molar-refractivity contribution is 6.01. The van der Waals surface area contributed by atoms with E-state index < -0.39 is 11.6 Å². The molecule has 248 valence electrons. The number of hydrogen-bond acceptors (Lipinski definition) is 6. The van der Waals surface area contributed by atoms with E-state index in [1.807, 2.05) is 103 Å². The zero-order chi connectivity index (χ0) is 33.9. The Morgan fingerprint density at radius 2 is 1.39 bits per heavy atom. The van der Waals surface area contributed by atoms with Gasteiger partial charge in [-0.25, -0.2) is 10.4 Å². The molecule has 0 saturated heterocycles. The van der Waals surface area contributed by atoms with E-state index in [4.69, 9.17) is 19.6 Å². The fraction of sp³-hybridized carbons (Fsp3) is 0.190. The first kappa shape index (κ1) is 33.4. The number of rotatable bonds is 15. The first-order valence-corrected chi connectivity index (χ1v) is 16.6. The molecule has 2 atom stereocenters. The number of hydrogen-bond donors (Lipinski definition) is 3. The third-order valence-corrected chi connectivity index (χ3v) is 8.72. The van der Waals surface area contributed by atoms with E-state index >= 15 is 0 Å². The molecule has 1 amide bonds. The minimum absolute atomic E-state index is 0.0105. The Morgan fingerprint density at radius 3 is 1.98 bits per heavy atom. The summed E-state index contributed by atoms with van der Waals surface area (Å²) in [5, 5.41) is 9.09. The molecule has 49 heavy (non-hydrogen) atoms. The molecule has 0 unspecified atom stereocenters. The van der Waals surface area contributed by atoms with Crippen LogP contribution in [0.4, 0.5) is 0 Å². The predicted molar refractivity (Wildman–Crippen MR) is 194 cm³/mol. The van der Waals surface area contributed by atoms with Gasteiger partial charge in [0.05, 0.1) is 6.61 Å². The van der Waals surface area contributed by atoms with Crippen molar-refractivity contribution >= 4 is 11.8 Å². The lowest BCUT2D eigenvalue weighted by Gasteiger charge is -2.30. The summed E-state index contributed by atoms with van der Waals surface area (Å²) in [4.78, 5) is 19.4. The zero-order valence-corrected chi connectivity index (χ0v) is 27.4. The number of ether oxygens (including phenoxy) is 2. The highest BCUT2D eigenvalue weighted by Gasteiger charge is 2.52. The Hall–Kier alpha value is -5.50. The van der Waals surface area contributed by atoms with E-state index in [9.17, 15) is 4.79 Å². The van der Waals surface area contributed by atoms with Gasteiger partial charge in [-0.2, -0.15) is 0 Å². The number of carbonyl (C=O) groups is 1. The number of nitrogens with one attached hydrogen (secondary N) is 2. The molecule has 0 radical (unpaired) electrons. The summed E-state index contributed by atoms with van der Waals surface area (Å²) >= 11 is 0. The van der Waals surface area contributed by atoms with E-state index in [1.165, 1.54) is 0 Å². The molecule has 7 heteroatoms. The second-order valence-corrected chi connectivity index (χ2v) is 12.0. The van der Waals surface area contributed by atoms with Gasteiger partial charge in [0.15, 0.2) is 11.6 Å². The summed E-state index contributed by atoms with van der Waals surface area (Å²) in [5.74, 6) is 0.733. The molecular formula is C42H41N3O4. The summed E-state index contributed by atoms with van der Waals surface area (Å²) in [6.45, 7) is 4.96. The SMILES string of the molecule is C=CC[C@]1(C(=O)NNCC(c2ccccc2)c2ccccc2)N=C(c2ccc(OCCCO)cc2)O[C@H]1c1ccc(-c2ccccc2)cc1. The van der Waals surface area contributed by atoms with Crippen molar-refractivity contribution in [3.63, 3.8) is 0 Å². The average Bonchev–Trinajstić information content (AvgIpc) is 3.55. The molecule has 0 aliphatic carbocycles. The fourth-order valence-electron chi connectivity index (χ4n) is 6.16. The van der Waals surface area contributed by atoms with E-state index in [2.05, 4.69) is 53.8 Å². The van der Waals surface area contributed by atoms with Crippen LogP contribution in [0.15, 0.2) is 157 Å². The van der Waals surface area contributed by atoms with Gasteiger partial charge in [0.25, 0.3) is 5.91 Å². The molecule has 0 bridgehead atoms. The topological polar surface area (TPSA) is 92.2 Å². The van der Waals surface area contributed by atoms with Crippen LogP contribution >= 0.6 is 0 Å². The summed E-state index contributed by atoms with van der Waals surface area (Å²) in [7, 11) is 0. The van der Waals surface area contributed by atoms with Crippen LogP contribution in [0.25, 0.3) is 11.1 Å². The minimum Gasteiger partial charge on any atom is -0.494 e. The summed E-state index contributed by atoms with van der Waals surface area (Å²) < 4.78 is 12.3. The Bertz CT molecular complexity index is 1790. The lowest BCUT2D eigenvalue weighted by Crippen LogP contribution is -2.53. The maximum atomic E-state index is 14.4. The Labute approximate surface area is 287 Å². The molecule has 0 fully saturated rings. The van der Waals surface area contributed by atoms with E-state index in [-0.39, 0.29) is 24.9 Å². The Kier molecular flexibility index (Phi) is 11.0.